The van der Waals surface area contributed by atoms with Crippen LogP contribution in [0.2, 0.25) is 0 Å². The molecule has 0 spiro atoms. The lowest BCUT2D eigenvalue weighted by atomic mass is 9.81. The van der Waals surface area contributed by atoms with Crippen molar-refractivity contribution in [2.75, 3.05) is 36.8 Å². The molecule has 3 nitrogen and oxygen atoms in total. The smallest absolute Gasteiger partial charge is 0.0600 e. The van der Waals surface area contributed by atoms with Crippen molar-refractivity contribution in [2.24, 2.45) is 5.92 Å². The molecule has 3 heteroatoms. The number of piperazine rings is 1. The molecule has 1 saturated carbocycles. The summed E-state index contributed by atoms with van der Waals surface area (Å²) >= 11 is 0. The molecule has 1 saturated heterocycles. The predicted octanol–water partition coefficient (Wildman–Crippen LogP) is 3.36. The first-order chi connectivity index (χ1) is 10.3. The number of anilines is 2. The zero-order valence-electron chi connectivity index (χ0n) is 13.3. The van der Waals surface area contributed by atoms with Crippen LogP contribution in [0.3, 0.4) is 0 Å². The zero-order chi connectivity index (χ0) is 14.7. The maximum atomic E-state index is 6.12. The minimum Gasteiger partial charge on any atom is -0.397 e. The highest BCUT2D eigenvalue weighted by atomic mass is 15.3. The van der Waals surface area contributed by atoms with Crippen molar-refractivity contribution in [2.45, 2.75) is 45.1 Å². The number of nitrogens with zero attached hydrogens (tertiary/aromatic N) is 2. The summed E-state index contributed by atoms with van der Waals surface area (Å²) in [5, 5.41) is 0. The van der Waals surface area contributed by atoms with E-state index in [1.807, 2.05) is 12.1 Å². The highest BCUT2D eigenvalue weighted by molar-refractivity contribution is 5.67. The van der Waals surface area contributed by atoms with E-state index in [4.69, 9.17) is 5.73 Å². The quantitative estimate of drug-likeness (QED) is 0.865. The Hall–Kier alpha value is -1.22. The second-order valence-corrected chi connectivity index (χ2v) is 6.60. The molecule has 0 aromatic heterocycles. The Bertz CT molecular complexity index is 452. The molecule has 0 bridgehead atoms. The van der Waals surface area contributed by atoms with Gasteiger partial charge in [-0.05, 0) is 30.9 Å². The highest BCUT2D eigenvalue weighted by Gasteiger charge is 2.31. The van der Waals surface area contributed by atoms with Crippen molar-refractivity contribution in [3.05, 3.63) is 24.3 Å². The van der Waals surface area contributed by atoms with E-state index in [1.165, 1.54) is 50.9 Å². The van der Waals surface area contributed by atoms with Gasteiger partial charge in [0.1, 0.15) is 0 Å². The summed E-state index contributed by atoms with van der Waals surface area (Å²) in [4.78, 5) is 5.21. The molecular formula is C18H29N3. The zero-order valence-corrected chi connectivity index (χ0v) is 13.3. The summed E-state index contributed by atoms with van der Waals surface area (Å²) in [6, 6.07) is 9.10. The van der Waals surface area contributed by atoms with Crippen molar-refractivity contribution < 1.29 is 0 Å². The van der Waals surface area contributed by atoms with Crippen LogP contribution in [0.1, 0.15) is 39.0 Å². The molecule has 1 aliphatic heterocycles. The first kappa shape index (κ1) is 14.7. The van der Waals surface area contributed by atoms with Crippen LogP contribution >= 0.6 is 0 Å². The number of rotatable bonds is 3. The van der Waals surface area contributed by atoms with E-state index in [0.717, 1.165) is 30.7 Å². The largest absolute Gasteiger partial charge is 0.397 e. The normalized spacial score (nSPS) is 27.8. The summed E-state index contributed by atoms with van der Waals surface area (Å²) in [6.07, 6.45) is 7.05. The van der Waals surface area contributed by atoms with Gasteiger partial charge in [0.2, 0.25) is 0 Å². The van der Waals surface area contributed by atoms with Gasteiger partial charge in [0.25, 0.3) is 0 Å². The van der Waals surface area contributed by atoms with Gasteiger partial charge in [0.05, 0.1) is 11.4 Å². The molecular weight excluding hydrogens is 258 g/mol. The lowest BCUT2D eigenvalue weighted by Gasteiger charge is -2.44. The summed E-state index contributed by atoms with van der Waals surface area (Å²) in [7, 11) is 0. The van der Waals surface area contributed by atoms with Gasteiger partial charge < -0.3 is 10.6 Å². The molecule has 1 aliphatic carbocycles. The monoisotopic (exact) mass is 287 g/mol. The lowest BCUT2D eigenvalue weighted by Crippen LogP contribution is -2.53. The maximum Gasteiger partial charge on any atom is 0.0600 e. The van der Waals surface area contributed by atoms with Crippen molar-refractivity contribution >= 4 is 11.4 Å². The number of nitrogens with two attached hydrogens (primary N) is 1. The highest BCUT2D eigenvalue weighted by Crippen LogP contribution is 2.32. The Labute approximate surface area is 129 Å². The van der Waals surface area contributed by atoms with Crippen LogP contribution in [0.15, 0.2) is 24.3 Å². The molecule has 1 aromatic carbocycles. The van der Waals surface area contributed by atoms with Crippen LogP contribution < -0.4 is 10.6 Å². The SMILES string of the molecule is CCC1CCCCC1N1CCN(c2ccccc2N)CC1. The Morgan fingerprint density at radius 2 is 1.76 bits per heavy atom. The molecule has 2 N–H and O–H groups in total. The van der Waals surface area contributed by atoms with Gasteiger partial charge in [-0.2, -0.15) is 0 Å². The van der Waals surface area contributed by atoms with Crippen LogP contribution in [0.25, 0.3) is 0 Å². The van der Waals surface area contributed by atoms with Crippen molar-refractivity contribution in [1.29, 1.82) is 0 Å². The van der Waals surface area contributed by atoms with E-state index in [2.05, 4.69) is 28.9 Å². The molecule has 2 atom stereocenters. The Balaban J connectivity index is 1.61. The molecule has 1 aromatic rings. The van der Waals surface area contributed by atoms with Crippen LogP contribution in [0.5, 0.6) is 0 Å². The van der Waals surface area contributed by atoms with Crippen LogP contribution in [-0.2, 0) is 0 Å². The second kappa shape index (κ2) is 6.69. The summed E-state index contributed by atoms with van der Waals surface area (Å²) < 4.78 is 0. The van der Waals surface area contributed by atoms with E-state index in [-0.39, 0.29) is 0 Å². The third-order valence-corrected chi connectivity index (χ3v) is 5.45. The Morgan fingerprint density at radius 1 is 1.05 bits per heavy atom. The van der Waals surface area contributed by atoms with Crippen LogP contribution in [-0.4, -0.2) is 37.1 Å². The van der Waals surface area contributed by atoms with Crippen molar-refractivity contribution in [3.8, 4) is 0 Å². The number of para-hydroxylation sites is 2. The third-order valence-electron chi connectivity index (χ3n) is 5.45. The summed E-state index contributed by atoms with van der Waals surface area (Å²) in [5.41, 5.74) is 8.24. The molecule has 21 heavy (non-hydrogen) atoms. The van der Waals surface area contributed by atoms with Gasteiger partial charge in [-0.25, -0.2) is 0 Å². The Kier molecular flexibility index (Phi) is 4.69. The van der Waals surface area contributed by atoms with Crippen LogP contribution in [0, 0.1) is 5.92 Å². The average Bonchev–Trinajstić information content (AvgIpc) is 2.55. The van der Waals surface area contributed by atoms with Crippen molar-refractivity contribution in [1.82, 2.24) is 4.90 Å². The van der Waals surface area contributed by atoms with Crippen molar-refractivity contribution in [3.63, 3.8) is 0 Å². The topological polar surface area (TPSA) is 32.5 Å². The van der Waals surface area contributed by atoms with E-state index < -0.39 is 0 Å². The fourth-order valence-electron chi connectivity index (χ4n) is 4.21. The average molecular weight is 287 g/mol. The first-order valence-corrected chi connectivity index (χ1v) is 8.63. The second-order valence-electron chi connectivity index (χ2n) is 6.60. The molecule has 0 amide bonds. The van der Waals surface area contributed by atoms with E-state index in [1.54, 1.807) is 0 Å². The fourth-order valence-corrected chi connectivity index (χ4v) is 4.21. The predicted molar refractivity (Wildman–Crippen MR) is 90.7 cm³/mol. The number of hydrogen-bond donors (Lipinski definition) is 1. The number of benzene rings is 1. The summed E-state index contributed by atoms with van der Waals surface area (Å²) in [5.74, 6) is 0.923. The van der Waals surface area contributed by atoms with Gasteiger partial charge in [-0.15, -0.1) is 0 Å². The lowest BCUT2D eigenvalue weighted by molar-refractivity contribution is 0.0952. The van der Waals surface area contributed by atoms with Gasteiger partial charge >= 0.3 is 0 Å². The molecule has 116 valence electrons. The molecule has 3 rings (SSSR count). The minimum atomic E-state index is 0.832. The van der Waals surface area contributed by atoms with Gasteiger partial charge in [-0.3, -0.25) is 4.90 Å². The Morgan fingerprint density at radius 3 is 2.48 bits per heavy atom. The van der Waals surface area contributed by atoms with Gasteiger partial charge in [0.15, 0.2) is 0 Å². The van der Waals surface area contributed by atoms with E-state index in [9.17, 15) is 0 Å². The molecule has 2 fully saturated rings. The molecule has 2 aliphatic rings. The fraction of sp³-hybridized carbons (Fsp3) is 0.667. The third kappa shape index (κ3) is 3.18. The van der Waals surface area contributed by atoms with Crippen LogP contribution in [0.4, 0.5) is 11.4 Å². The van der Waals surface area contributed by atoms with E-state index >= 15 is 0 Å². The maximum absolute atomic E-state index is 6.12. The van der Waals surface area contributed by atoms with E-state index in [0.29, 0.717) is 0 Å². The van der Waals surface area contributed by atoms with Gasteiger partial charge in [-0.1, -0.05) is 38.3 Å². The first-order valence-electron chi connectivity index (χ1n) is 8.63. The number of nitrogen functional groups attached to an aromatic ring is 1. The standard InChI is InChI=1S/C18H29N3/c1-2-15-7-3-5-9-17(15)20-11-13-21(14-12-20)18-10-6-4-8-16(18)19/h4,6,8,10,15,17H,2-3,5,7,9,11-14,19H2,1H3. The van der Waals surface area contributed by atoms with Gasteiger partial charge in [0, 0.05) is 32.2 Å². The molecule has 1 heterocycles. The molecule has 2 unspecified atom stereocenters. The number of hydrogen-bond acceptors (Lipinski definition) is 3. The summed E-state index contributed by atoms with van der Waals surface area (Å²) in [6.45, 7) is 6.97. The molecule has 0 radical (unpaired) electrons. The minimum absolute atomic E-state index is 0.832.